The maximum absolute atomic E-state index is 14.0. The Kier molecular flexibility index (Phi) is 8.87. The van der Waals surface area contributed by atoms with Gasteiger partial charge in [0.05, 0.1) is 11.5 Å². The van der Waals surface area contributed by atoms with E-state index in [1.807, 2.05) is 6.07 Å². The van der Waals surface area contributed by atoms with E-state index in [-0.39, 0.29) is 40.8 Å². The lowest BCUT2D eigenvalue weighted by Crippen LogP contribution is -2.41. The number of para-hydroxylation sites is 1. The average molecular weight is 460 g/mol. The molecule has 1 saturated heterocycles. The highest BCUT2D eigenvalue weighted by Gasteiger charge is 2.36. The van der Waals surface area contributed by atoms with Crippen LogP contribution in [0.5, 0.6) is 0 Å². The summed E-state index contributed by atoms with van der Waals surface area (Å²) in [5.74, 6) is -0.448. The fraction of sp³-hybridized carbons (Fsp3) is 0.458. The maximum atomic E-state index is 14.0. The average Bonchev–Trinajstić information content (AvgIpc) is 3.19. The fourth-order valence-corrected chi connectivity index (χ4v) is 4.47. The molecule has 8 nitrogen and oxygen atoms in total. The lowest BCUT2D eigenvalue weighted by molar-refractivity contribution is -0.385. The van der Waals surface area contributed by atoms with Gasteiger partial charge in [-0.1, -0.05) is 30.3 Å². The first-order valence-electron chi connectivity index (χ1n) is 10.9. The van der Waals surface area contributed by atoms with Crippen LogP contribution in [0.25, 0.3) is 0 Å². The van der Waals surface area contributed by atoms with Crippen LogP contribution < -0.4 is 0 Å². The molecule has 0 N–H and O–H groups in total. The molecule has 33 heavy (non-hydrogen) atoms. The predicted molar refractivity (Wildman–Crippen MR) is 121 cm³/mol. The van der Waals surface area contributed by atoms with Gasteiger partial charge in [0, 0.05) is 64.5 Å². The Morgan fingerprint density at radius 2 is 1.97 bits per heavy atom. The summed E-state index contributed by atoms with van der Waals surface area (Å²) in [6.45, 7) is 2.89. The van der Waals surface area contributed by atoms with Crippen LogP contribution in [0.3, 0.4) is 0 Å². The Morgan fingerprint density at radius 1 is 1.18 bits per heavy atom. The molecule has 0 aliphatic carbocycles. The molecule has 3 rings (SSSR count). The zero-order valence-corrected chi connectivity index (χ0v) is 19.0. The quantitative estimate of drug-likeness (QED) is 0.379. The molecule has 0 aromatic heterocycles. The number of nitro benzene ring substituents is 1. The van der Waals surface area contributed by atoms with Crippen LogP contribution in [0, 0.1) is 21.8 Å². The minimum absolute atomic E-state index is 0.0206. The Bertz CT molecular complexity index is 957. The van der Waals surface area contributed by atoms with Crippen molar-refractivity contribution in [3.05, 3.63) is 75.6 Å². The van der Waals surface area contributed by atoms with Crippen molar-refractivity contribution in [2.24, 2.45) is 5.92 Å². The number of ether oxygens (including phenoxy) is 2. The van der Waals surface area contributed by atoms with Crippen molar-refractivity contribution in [1.29, 1.82) is 0 Å². The molecule has 2 atom stereocenters. The molecule has 0 saturated carbocycles. The molecule has 9 heteroatoms. The van der Waals surface area contributed by atoms with Gasteiger partial charge in [0.15, 0.2) is 0 Å². The molecule has 178 valence electrons. The molecule has 1 aliphatic heterocycles. The largest absolute Gasteiger partial charge is 0.383 e. The van der Waals surface area contributed by atoms with Gasteiger partial charge in [-0.15, -0.1) is 0 Å². The highest BCUT2D eigenvalue weighted by molar-refractivity contribution is 5.77. The van der Waals surface area contributed by atoms with Gasteiger partial charge in [-0.25, -0.2) is 4.39 Å². The number of benzene rings is 2. The van der Waals surface area contributed by atoms with E-state index in [0.717, 1.165) is 5.56 Å². The molecule has 0 spiro atoms. The van der Waals surface area contributed by atoms with Crippen LogP contribution in [-0.4, -0.2) is 74.2 Å². The number of likely N-dealkylation sites (tertiary alicyclic amines) is 1. The third-order valence-corrected chi connectivity index (χ3v) is 6.02. The van der Waals surface area contributed by atoms with Crippen molar-refractivity contribution in [2.75, 3.05) is 53.6 Å². The topological polar surface area (TPSA) is 85.1 Å². The summed E-state index contributed by atoms with van der Waals surface area (Å²) in [6.07, 6.45) is 0. The van der Waals surface area contributed by atoms with E-state index in [4.69, 9.17) is 9.47 Å². The number of hydrogen-bond donors (Lipinski definition) is 0. The second kappa shape index (κ2) is 11.8. The van der Waals surface area contributed by atoms with Gasteiger partial charge in [0.25, 0.3) is 5.69 Å². The number of halogens is 1. The van der Waals surface area contributed by atoms with Gasteiger partial charge >= 0.3 is 0 Å². The SMILES string of the molecule is COCCN(C[C@@H]1CN(Cc2ccccc2[N+](=O)[O-])C[C@H]1c1cccc(F)c1)C(=O)COC. The summed E-state index contributed by atoms with van der Waals surface area (Å²) < 4.78 is 24.2. The number of rotatable bonds is 11. The van der Waals surface area contributed by atoms with E-state index in [1.165, 1.54) is 25.3 Å². The summed E-state index contributed by atoms with van der Waals surface area (Å²) in [6, 6.07) is 13.2. The molecule has 0 bridgehead atoms. The summed E-state index contributed by atoms with van der Waals surface area (Å²) >= 11 is 0. The van der Waals surface area contributed by atoms with Crippen LogP contribution in [0.1, 0.15) is 17.0 Å². The van der Waals surface area contributed by atoms with Crippen molar-refractivity contribution in [1.82, 2.24) is 9.80 Å². The highest BCUT2D eigenvalue weighted by Crippen LogP contribution is 2.35. The first-order valence-corrected chi connectivity index (χ1v) is 10.9. The first-order chi connectivity index (χ1) is 15.9. The second-order valence-corrected chi connectivity index (χ2v) is 8.27. The van der Waals surface area contributed by atoms with Crippen molar-refractivity contribution in [3.8, 4) is 0 Å². The van der Waals surface area contributed by atoms with Crippen molar-refractivity contribution in [2.45, 2.75) is 12.5 Å². The molecule has 1 aliphatic rings. The van der Waals surface area contributed by atoms with E-state index in [0.29, 0.717) is 44.9 Å². The lowest BCUT2D eigenvalue weighted by Gasteiger charge is -2.28. The number of amides is 1. The van der Waals surface area contributed by atoms with Gasteiger partial charge in [-0.05, 0) is 23.6 Å². The Balaban J connectivity index is 1.84. The summed E-state index contributed by atoms with van der Waals surface area (Å²) in [5, 5.41) is 11.4. The highest BCUT2D eigenvalue weighted by atomic mass is 19.1. The number of methoxy groups -OCH3 is 2. The molecule has 1 heterocycles. The van der Waals surface area contributed by atoms with Gasteiger partial charge in [0.2, 0.25) is 5.91 Å². The number of nitro groups is 1. The van der Waals surface area contributed by atoms with Gasteiger partial charge < -0.3 is 14.4 Å². The number of nitrogens with zero attached hydrogens (tertiary/aromatic N) is 3. The van der Waals surface area contributed by atoms with Crippen LogP contribution in [0.15, 0.2) is 48.5 Å². The Morgan fingerprint density at radius 3 is 2.67 bits per heavy atom. The Hall–Kier alpha value is -2.88. The van der Waals surface area contributed by atoms with E-state index >= 15 is 0 Å². The van der Waals surface area contributed by atoms with Gasteiger partial charge in [-0.3, -0.25) is 19.8 Å². The molecule has 1 fully saturated rings. The van der Waals surface area contributed by atoms with Crippen LogP contribution in [-0.2, 0) is 20.8 Å². The molecule has 2 aromatic rings. The zero-order chi connectivity index (χ0) is 23.8. The molecule has 1 amide bonds. The lowest BCUT2D eigenvalue weighted by atomic mass is 9.88. The van der Waals surface area contributed by atoms with E-state index in [1.54, 1.807) is 36.3 Å². The summed E-state index contributed by atoms with van der Waals surface area (Å²) in [7, 11) is 3.06. The van der Waals surface area contributed by atoms with E-state index in [9.17, 15) is 19.3 Å². The minimum Gasteiger partial charge on any atom is -0.383 e. The van der Waals surface area contributed by atoms with Crippen molar-refractivity contribution in [3.63, 3.8) is 0 Å². The standard InChI is InChI=1S/C24H30FN3O5/c1-32-11-10-27(24(29)17-33-2)15-20-14-26(13-19-6-3-4-9-23(19)28(30)31)16-22(20)18-7-5-8-21(25)12-18/h3-9,12,20,22H,10-11,13-17H2,1-2H3/t20-,22-/m0/s1. The van der Waals surface area contributed by atoms with Crippen LogP contribution in [0.4, 0.5) is 10.1 Å². The van der Waals surface area contributed by atoms with Gasteiger partial charge in [-0.2, -0.15) is 0 Å². The third kappa shape index (κ3) is 6.56. The van der Waals surface area contributed by atoms with E-state index < -0.39 is 0 Å². The predicted octanol–water partition coefficient (Wildman–Crippen LogP) is 3.07. The molecular weight excluding hydrogens is 429 g/mol. The summed E-state index contributed by atoms with van der Waals surface area (Å²) in [5.41, 5.74) is 1.57. The maximum Gasteiger partial charge on any atom is 0.273 e. The molecule has 2 aromatic carbocycles. The summed E-state index contributed by atoms with van der Waals surface area (Å²) in [4.78, 5) is 27.6. The van der Waals surface area contributed by atoms with Crippen LogP contribution in [0.2, 0.25) is 0 Å². The number of hydrogen-bond acceptors (Lipinski definition) is 6. The molecule has 0 radical (unpaired) electrons. The molecular formula is C24H30FN3O5. The van der Waals surface area contributed by atoms with Gasteiger partial charge in [0.1, 0.15) is 12.4 Å². The first kappa shape index (κ1) is 24.8. The second-order valence-electron chi connectivity index (χ2n) is 8.27. The smallest absolute Gasteiger partial charge is 0.273 e. The van der Waals surface area contributed by atoms with E-state index in [2.05, 4.69) is 4.90 Å². The zero-order valence-electron chi connectivity index (χ0n) is 19.0. The van der Waals surface area contributed by atoms with Crippen LogP contribution >= 0.6 is 0 Å². The molecule has 0 unspecified atom stereocenters. The number of carbonyl (C=O) groups excluding carboxylic acids is 1. The Labute approximate surface area is 193 Å². The third-order valence-electron chi connectivity index (χ3n) is 6.02. The minimum atomic E-state index is -0.372. The monoisotopic (exact) mass is 459 g/mol. The fourth-order valence-electron chi connectivity index (χ4n) is 4.47. The number of carbonyl (C=O) groups is 1. The van der Waals surface area contributed by atoms with Crippen molar-refractivity contribution < 1.29 is 23.6 Å². The normalized spacial score (nSPS) is 18.4. The van der Waals surface area contributed by atoms with Crippen molar-refractivity contribution >= 4 is 11.6 Å².